The van der Waals surface area contributed by atoms with E-state index in [9.17, 15) is 0 Å². The number of benzene rings is 1. The minimum atomic E-state index is 0.249. The maximum absolute atomic E-state index is 8.62. The fourth-order valence-corrected chi connectivity index (χ4v) is 1.96. The molecule has 0 atom stereocenters. The summed E-state index contributed by atoms with van der Waals surface area (Å²) >= 11 is 17.6. The third kappa shape index (κ3) is 5.35. The minimum absolute atomic E-state index is 0.249. The Kier molecular flexibility index (Phi) is 7.05. The van der Waals surface area contributed by atoms with Gasteiger partial charge in [-0.15, -0.1) is 0 Å². The van der Waals surface area contributed by atoms with Gasteiger partial charge in [-0.3, -0.25) is 0 Å². The van der Waals surface area contributed by atoms with Gasteiger partial charge < -0.3 is 9.84 Å². The van der Waals surface area contributed by atoms with Gasteiger partial charge in [0.05, 0.1) is 21.7 Å². The second-order valence-electron chi connectivity index (χ2n) is 3.68. The van der Waals surface area contributed by atoms with Crippen LogP contribution in [0.2, 0.25) is 15.1 Å². The van der Waals surface area contributed by atoms with Crippen molar-refractivity contribution in [3.8, 4) is 5.75 Å². The predicted molar refractivity (Wildman–Crippen MR) is 72.5 cm³/mol. The SMILES string of the molecule is OCCCCCCOc1cc(Cl)c(Cl)cc1Cl. The fourth-order valence-electron chi connectivity index (χ4n) is 1.36. The zero-order valence-electron chi connectivity index (χ0n) is 9.39. The Morgan fingerprint density at radius 1 is 0.882 bits per heavy atom. The molecule has 0 radical (unpaired) electrons. The maximum atomic E-state index is 8.62. The van der Waals surface area contributed by atoms with Gasteiger partial charge in [0, 0.05) is 12.7 Å². The fraction of sp³-hybridized carbons (Fsp3) is 0.500. The van der Waals surface area contributed by atoms with E-state index in [1.54, 1.807) is 12.1 Å². The van der Waals surface area contributed by atoms with Gasteiger partial charge >= 0.3 is 0 Å². The first-order valence-corrected chi connectivity index (χ1v) is 6.66. The van der Waals surface area contributed by atoms with Crippen LogP contribution < -0.4 is 4.74 Å². The molecule has 5 heteroatoms. The summed E-state index contributed by atoms with van der Waals surface area (Å²) in [5, 5.41) is 9.94. The average Bonchev–Trinajstić information content (AvgIpc) is 2.30. The molecule has 2 nitrogen and oxygen atoms in total. The van der Waals surface area contributed by atoms with Crippen LogP contribution in [0.25, 0.3) is 0 Å². The lowest BCUT2D eigenvalue weighted by Crippen LogP contribution is -1.98. The zero-order chi connectivity index (χ0) is 12.7. The lowest BCUT2D eigenvalue weighted by Gasteiger charge is -2.09. The smallest absolute Gasteiger partial charge is 0.139 e. The molecule has 96 valence electrons. The highest BCUT2D eigenvalue weighted by molar-refractivity contribution is 6.43. The molecule has 0 saturated heterocycles. The van der Waals surface area contributed by atoms with Crippen LogP contribution in [-0.2, 0) is 0 Å². The highest BCUT2D eigenvalue weighted by atomic mass is 35.5. The van der Waals surface area contributed by atoms with Crippen LogP contribution in [0.3, 0.4) is 0 Å². The summed E-state index contributed by atoms with van der Waals surface area (Å²) in [5.74, 6) is 0.559. The average molecular weight is 298 g/mol. The van der Waals surface area contributed by atoms with Gasteiger partial charge in [-0.2, -0.15) is 0 Å². The molecule has 0 saturated carbocycles. The van der Waals surface area contributed by atoms with Gasteiger partial charge in [-0.1, -0.05) is 41.2 Å². The minimum Gasteiger partial charge on any atom is -0.492 e. The van der Waals surface area contributed by atoms with Crippen LogP contribution in [0.1, 0.15) is 25.7 Å². The van der Waals surface area contributed by atoms with Crippen LogP contribution in [0, 0.1) is 0 Å². The highest BCUT2D eigenvalue weighted by Crippen LogP contribution is 2.33. The Hall–Kier alpha value is -0.150. The summed E-state index contributed by atoms with van der Waals surface area (Å²) in [7, 11) is 0. The van der Waals surface area contributed by atoms with Crippen molar-refractivity contribution in [2.75, 3.05) is 13.2 Å². The quantitative estimate of drug-likeness (QED) is 0.590. The van der Waals surface area contributed by atoms with Crippen molar-refractivity contribution in [2.45, 2.75) is 25.7 Å². The molecule has 0 heterocycles. The number of rotatable bonds is 7. The van der Waals surface area contributed by atoms with E-state index in [0.717, 1.165) is 25.7 Å². The van der Waals surface area contributed by atoms with Crippen molar-refractivity contribution >= 4 is 34.8 Å². The number of ether oxygens (including phenoxy) is 1. The van der Waals surface area contributed by atoms with E-state index < -0.39 is 0 Å². The Morgan fingerprint density at radius 3 is 2.24 bits per heavy atom. The molecule has 0 fully saturated rings. The molecule has 17 heavy (non-hydrogen) atoms. The molecule has 1 aromatic carbocycles. The number of aliphatic hydroxyl groups excluding tert-OH is 1. The first-order valence-electron chi connectivity index (χ1n) is 5.53. The maximum Gasteiger partial charge on any atom is 0.139 e. The van der Waals surface area contributed by atoms with Gasteiger partial charge in [-0.25, -0.2) is 0 Å². The molecule has 0 aromatic heterocycles. The standard InChI is InChI=1S/C12H15Cl3O2/c13-9-7-11(15)12(8-10(9)14)17-6-4-2-1-3-5-16/h7-8,16H,1-6H2. The number of hydrogen-bond donors (Lipinski definition) is 1. The lowest BCUT2D eigenvalue weighted by molar-refractivity contribution is 0.273. The summed E-state index contributed by atoms with van der Waals surface area (Å²) in [6.07, 6.45) is 3.80. The van der Waals surface area contributed by atoms with Crippen molar-refractivity contribution in [1.82, 2.24) is 0 Å². The number of unbranched alkanes of at least 4 members (excludes halogenated alkanes) is 3. The van der Waals surface area contributed by atoms with Gasteiger partial charge in [0.25, 0.3) is 0 Å². The topological polar surface area (TPSA) is 29.5 Å². The third-order valence-electron chi connectivity index (χ3n) is 2.28. The molecule has 0 spiro atoms. The van der Waals surface area contributed by atoms with Crippen LogP contribution in [-0.4, -0.2) is 18.3 Å². The Labute approximate surface area is 116 Å². The number of halogens is 3. The largest absolute Gasteiger partial charge is 0.492 e. The molecule has 1 aromatic rings. The second-order valence-corrected chi connectivity index (χ2v) is 4.90. The van der Waals surface area contributed by atoms with E-state index in [1.165, 1.54) is 0 Å². The second kappa shape index (κ2) is 8.04. The molecular formula is C12H15Cl3O2. The zero-order valence-corrected chi connectivity index (χ0v) is 11.7. The first-order chi connectivity index (χ1) is 8.15. The molecule has 0 amide bonds. The van der Waals surface area contributed by atoms with Gasteiger partial charge in [0.2, 0.25) is 0 Å². The van der Waals surface area contributed by atoms with E-state index in [1.807, 2.05) is 0 Å². The van der Waals surface area contributed by atoms with Crippen LogP contribution in [0.4, 0.5) is 0 Å². The van der Waals surface area contributed by atoms with Crippen molar-refractivity contribution in [2.24, 2.45) is 0 Å². The molecule has 1 N–H and O–H groups in total. The molecule has 0 aliphatic rings. The van der Waals surface area contributed by atoms with Gasteiger partial charge in [0.15, 0.2) is 0 Å². The van der Waals surface area contributed by atoms with E-state index in [0.29, 0.717) is 27.4 Å². The van der Waals surface area contributed by atoms with Gasteiger partial charge in [0.1, 0.15) is 5.75 Å². The Morgan fingerprint density at radius 2 is 1.53 bits per heavy atom. The molecule has 0 aliphatic carbocycles. The van der Waals surface area contributed by atoms with Crippen molar-refractivity contribution < 1.29 is 9.84 Å². The van der Waals surface area contributed by atoms with E-state index in [4.69, 9.17) is 44.6 Å². The van der Waals surface area contributed by atoms with Crippen LogP contribution in [0.15, 0.2) is 12.1 Å². The molecular weight excluding hydrogens is 282 g/mol. The number of hydrogen-bond acceptors (Lipinski definition) is 2. The monoisotopic (exact) mass is 296 g/mol. The van der Waals surface area contributed by atoms with Crippen molar-refractivity contribution in [1.29, 1.82) is 0 Å². The van der Waals surface area contributed by atoms with Crippen LogP contribution in [0.5, 0.6) is 5.75 Å². The third-order valence-corrected chi connectivity index (χ3v) is 3.30. The molecule has 0 bridgehead atoms. The lowest BCUT2D eigenvalue weighted by atomic mass is 10.2. The van der Waals surface area contributed by atoms with E-state index >= 15 is 0 Å². The molecule has 0 aliphatic heterocycles. The Bertz CT molecular complexity index is 356. The Balaban J connectivity index is 2.34. The normalized spacial score (nSPS) is 10.6. The van der Waals surface area contributed by atoms with E-state index in [2.05, 4.69) is 0 Å². The van der Waals surface area contributed by atoms with E-state index in [-0.39, 0.29) is 6.61 Å². The summed E-state index contributed by atoms with van der Waals surface area (Å²) in [6.45, 7) is 0.836. The van der Waals surface area contributed by atoms with Gasteiger partial charge in [-0.05, 0) is 25.3 Å². The van der Waals surface area contributed by atoms with Crippen molar-refractivity contribution in [3.05, 3.63) is 27.2 Å². The number of aliphatic hydroxyl groups is 1. The molecule has 1 rings (SSSR count). The predicted octanol–water partition coefficient (Wildman–Crippen LogP) is 4.58. The summed E-state index contributed by atoms with van der Waals surface area (Å²) in [5.41, 5.74) is 0. The summed E-state index contributed by atoms with van der Waals surface area (Å²) in [4.78, 5) is 0. The summed E-state index contributed by atoms with van der Waals surface area (Å²) in [6, 6.07) is 3.20. The van der Waals surface area contributed by atoms with Crippen molar-refractivity contribution in [3.63, 3.8) is 0 Å². The first kappa shape index (κ1) is 14.9. The molecule has 0 unspecified atom stereocenters. The summed E-state index contributed by atoms with van der Waals surface area (Å²) < 4.78 is 5.52. The highest BCUT2D eigenvalue weighted by Gasteiger charge is 2.06. The van der Waals surface area contributed by atoms with Crippen LogP contribution >= 0.6 is 34.8 Å².